The van der Waals surface area contributed by atoms with E-state index in [1.165, 1.54) is 51.4 Å². The summed E-state index contributed by atoms with van der Waals surface area (Å²) < 4.78 is 4.84. The first-order valence-electron chi connectivity index (χ1n) is 11.6. The van der Waals surface area contributed by atoms with Crippen LogP contribution >= 0.6 is 0 Å². The Hall–Kier alpha value is -1.92. The summed E-state index contributed by atoms with van der Waals surface area (Å²) in [5.74, 6) is -3.22. The van der Waals surface area contributed by atoms with Crippen molar-refractivity contribution < 1.29 is 29.0 Å². The van der Waals surface area contributed by atoms with Gasteiger partial charge in [0.2, 0.25) is 5.78 Å². The number of carboxylic acids is 1. The SMILES string of the molecule is CCCCCCCCCCCCCCC(=O)C(=O)N[C@@H](CCC(=O)O)C(=O)OCC. The largest absolute Gasteiger partial charge is 0.481 e. The lowest BCUT2D eigenvalue weighted by molar-refractivity contribution is -0.149. The van der Waals surface area contributed by atoms with Crippen molar-refractivity contribution in [1.29, 1.82) is 0 Å². The number of carbonyl (C=O) groups is 4. The normalized spacial score (nSPS) is 11.7. The molecule has 7 heteroatoms. The van der Waals surface area contributed by atoms with E-state index in [1.807, 2.05) is 0 Å². The molecule has 2 N–H and O–H groups in total. The zero-order chi connectivity index (χ0) is 22.6. The number of amides is 1. The number of ketones is 1. The first-order chi connectivity index (χ1) is 14.4. The van der Waals surface area contributed by atoms with Gasteiger partial charge in [0.25, 0.3) is 5.91 Å². The van der Waals surface area contributed by atoms with Crippen LogP contribution in [0.3, 0.4) is 0 Å². The Morgan fingerprint density at radius 3 is 1.73 bits per heavy atom. The molecule has 30 heavy (non-hydrogen) atoms. The van der Waals surface area contributed by atoms with E-state index in [1.54, 1.807) is 6.92 Å². The van der Waals surface area contributed by atoms with Crippen LogP contribution in [-0.2, 0) is 23.9 Å². The van der Waals surface area contributed by atoms with Crippen molar-refractivity contribution in [3.05, 3.63) is 0 Å². The maximum Gasteiger partial charge on any atom is 0.328 e. The first-order valence-corrected chi connectivity index (χ1v) is 11.6. The Labute approximate surface area is 181 Å². The predicted octanol–water partition coefficient (Wildman–Crippen LogP) is 4.56. The fourth-order valence-electron chi connectivity index (χ4n) is 3.24. The molecular formula is C23H41NO6. The number of aliphatic carboxylic acids is 1. The molecule has 1 atom stereocenters. The minimum absolute atomic E-state index is 0.105. The molecule has 1 amide bonds. The number of carboxylic acid groups (broad SMARTS) is 1. The average molecular weight is 428 g/mol. The number of esters is 1. The molecule has 0 aromatic heterocycles. The maximum atomic E-state index is 12.0. The Kier molecular flexibility index (Phi) is 17.8. The molecule has 0 saturated carbocycles. The molecule has 7 nitrogen and oxygen atoms in total. The zero-order valence-corrected chi connectivity index (χ0v) is 18.9. The highest BCUT2D eigenvalue weighted by atomic mass is 16.5. The second kappa shape index (κ2) is 19.1. The number of nitrogens with one attached hydrogen (secondary N) is 1. The molecule has 0 aliphatic carbocycles. The van der Waals surface area contributed by atoms with Crippen LogP contribution in [0.4, 0.5) is 0 Å². The van der Waals surface area contributed by atoms with Gasteiger partial charge in [0.15, 0.2) is 0 Å². The Morgan fingerprint density at radius 2 is 1.27 bits per heavy atom. The van der Waals surface area contributed by atoms with Crippen LogP contribution in [0.5, 0.6) is 0 Å². The minimum atomic E-state index is -1.11. The third-order valence-corrected chi connectivity index (χ3v) is 5.03. The van der Waals surface area contributed by atoms with Gasteiger partial charge in [-0.2, -0.15) is 0 Å². The Morgan fingerprint density at radius 1 is 0.767 bits per heavy atom. The van der Waals surface area contributed by atoms with Gasteiger partial charge >= 0.3 is 11.9 Å². The van der Waals surface area contributed by atoms with E-state index in [0.717, 1.165) is 19.3 Å². The minimum Gasteiger partial charge on any atom is -0.481 e. The molecule has 0 saturated heterocycles. The number of hydrogen-bond donors (Lipinski definition) is 2. The van der Waals surface area contributed by atoms with Crippen molar-refractivity contribution in [3.63, 3.8) is 0 Å². The molecule has 0 aromatic rings. The molecule has 0 rings (SSSR count). The second-order valence-electron chi connectivity index (χ2n) is 7.77. The highest BCUT2D eigenvalue weighted by molar-refractivity contribution is 6.36. The van der Waals surface area contributed by atoms with E-state index in [9.17, 15) is 19.2 Å². The molecule has 0 fully saturated rings. The van der Waals surface area contributed by atoms with Gasteiger partial charge in [0.05, 0.1) is 6.61 Å². The fourth-order valence-corrected chi connectivity index (χ4v) is 3.24. The average Bonchev–Trinajstić information content (AvgIpc) is 2.71. The highest BCUT2D eigenvalue weighted by Crippen LogP contribution is 2.12. The van der Waals surface area contributed by atoms with Crippen molar-refractivity contribution >= 4 is 23.6 Å². The van der Waals surface area contributed by atoms with E-state index in [-0.39, 0.29) is 25.9 Å². The van der Waals surface area contributed by atoms with Crippen LogP contribution in [0.2, 0.25) is 0 Å². The summed E-state index contributed by atoms with van der Waals surface area (Å²) in [6, 6.07) is -1.11. The molecular weight excluding hydrogens is 386 g/mol. The van der Waals surface area contributed by atoms with E-state index in [4.69, 9.17) is 9.84 Å². The highest BCUT2D eigenvalue weighted by Gasteiger charge is 2.25. The Bertz CT molecular complexity index is 506. The summed E-state index contributed by atoms with van der Waals surface area (Å²) in [4.78, 5) is 46.6. The molecule has 0 spiro atoms. The monoisotopic (exact) mass is 427 g/mol. The third-order valence-electron chi connectivity index (χ3n) is 5.03. The molecule has 0 aromatic carbocycles. The topological polar surface area (TPSA) is 110 Å². The summed E-state index contributed by atoms with van der Waals surface area (Å²) in [6.45, 7) is 3.96. The molecule has 0 heterocycles. The number of carbonyl (C=O) groups excluding carboxylic acids is 3. The molecule has 174 valence electrons. The lowest BCUT2D eigenvalue weighted by Gasteiger charge is -2.16. The quantitative estimate of drug-likeness (QED) is 0.167. The summed E-state index contributed by atoms with van der Waals surface area (Å²) in [6.07, 6.45) is 13.9. The van der Waals surface area contributed by atoms with Crippen molar-refractivity contribution in [2.45, 2.75) is 116 Å². The second-order valence-corrected chi connectivity index (χ2v) is 7.77. The number of rotatable bonds is 20. The molecule has 0 bridgehead atoms. The summed E-state index contributed by atoms with van der Waals surface area (Å²) >= 11 is 0. The van der Waals surface area contributed by atoms with E-state index >= 15 is 0 Å². The summed E-state index contributed by atoms with van der Waals surface area (Å²) in [7, 11) is 0. The number of ether oxygens (including phenoxy) is 1. The van der Waals surface area contributed by atoms with E-state index < -0.39 is 29.7 Å². The third kappa shape index (κ3) is 15.9. The van der Waals surface area contributed by atoms with Crippen molar-refractivity contribution in [3.8, 4) is 0 Å². The lowest BCUT2D eigenvalue weighted by atomic mass is 10.0. The predicted molar refractivity (Wildman–Crippen MR) is 116 cm³/mol. The zero-order valence-electron chi connectivity index (χ0n) is 18.9. The van der Waals surface area contributed by atoms with Crippen molar-refractivity contribution in [1.82, 2.24) is 5.32 Å². The van der Waals surface area contributed by atoms with Crippen molar-refractivity contribution in [2.75, 3.05) is 6.61 Å². The van der Waals surface area contributed by atoms with Crippen molar-refractivity contribution in [2.24, 2.45) is 0 Å². The van der Waals surface area contributed by atoms with Gasteiger partial charge in [-0.05, 0) is 19.8 Å². The van der Waals surface area contributed by atoms with Gasteiger partial charge in [-0.25, -0.2) is 4.79 Å². The smallest absolute Gasteiger partial charge is 0.328 e. The lowest BCUT2D eigenvalue weighted by Crippen LogP contribution is -2.45. The first kappa shape index (κ1) is 28.1. The molecule has 0 unspecified atom stereocenters. The Balaban J connectivity index is 3.91. The van der Waals surface area contributed by atoms with Crippen LogP contribution < -0.4 is 5.32 Å². The van der Waals surface area contributed by atoms with Crippen LogP contribution in [0, 0.1) is 0 Å². The summed E-state index contributed by atoms with van der Waals surface area (Å²) in [5.41, 5.74) is 0. The maximum absolute atomic E-state index is 12.0. The van der Waals surface area contributed by atoms with Crippen LogP contribution in [0.1, 0.15) is 110 Å². The fraction of sp³-hybridized carbons (Fsp3) is 0.826. The van der Waals surface area contributed by atoms with Gasteiger partial charge in [0.1, 0.15) is 6.04 Å². The van der Waals surface area contributed by atoms with Crippen LogP contribution in [0.15, 0.2) is 0 Å². The van der Waals surface area contributed by atoms with Gasteiger partial charge in [-0.3, -0.25) is 14.4 Å². The summed E-state index contributed by atoms with van der Waals surface area (Å²) in [5, 5.41) is 11.1. The molecule has 0 aliphatic heterocycles. The van der Waals surface area contributed by atoms with Crippen LogP contribution in [-0.4, -0.2) is 41.4 Å². The van der Waals surface area contributed by atoms with E-state index in [0.29, 0.717) is 6.42 Å². The standard InChI is InChI=1S/C23H41NO6/c1-3-5-6-7-8-9-10-11-12-13-14-15-16-20(25)22(28)24-19(17-18-21(26)27)23(29)30-4-2/h19H,3-18H2,1-2H3,(H,24,28)(H,26,27)/t19-/m0/s1. The van der Waals surface area contributed by atoms with Gasteiger partial charge in [0, 0.05) is 12.8 Å². The number of hydrogen-bond acceptors (Lipinski definition) is 5. The molecule has 0 radical (unpaired) electrons. The van der Waals surface area contributed by atoms with E-state index in [2.05, 4.69) is 12.2 Å². The van der Waals surface area contributed by atoms with Crippen LogP contribution in [0.25, 0.3) is 0 Å². The van der Waals surface area contributed by atoms with Gasteiger partial charge in [-0.15, -0.1) is 0 Å². The molecule has 0 aliphatic rings. The van der Waals surface area contributed by atoms with Gasteiger partial charge in [-0.1, -0.05) is 77.6 Å². The number of Topliss-reactive ketones (excluding diaryl/α,β-unsaturated/α-hetero) is 1. The number of unbranched alkanes of at least 4 members (excludes halogenated alkanes) is 11. The van der Waals surface area contributed by atoms with Gasteiger partial charge < -0.3 is 15.2 Å².